The summed E-state index contributed by atoms with van der Waals surface area (Å²) in [7, 11) is 0. The largest absolute Gasteiger partial charge is 0.454 e. The second-order valence-electron chi connectivity index (χ2n) is 7.53. The maximum absolute atomic E-state index is 12.7. The molecule has 4 aromatic rings. The smallest absolute Gasteiger partial charge is 0.257 e. The summed E-state index contributed by atoms with van der Waals surface area (Å²) in [5.74, 6) is 1.18. The van der Waals surface area contributed by atoms with E-state index in [9.17, 15) is 9.59 Å². The lowest BCUT2D eigenvalue weighted by atomic mass is 10.1. The van der Waals surface area contributed by atoms with Crippen LogP contribution in [0.5, 0.6) is 11.5 Å². The van der Waals surface area contributed by atoms with Crippen LogP contribution in [0, 0.1) is 0 Å². The highest BCUT2D eigenvalue weighted by Gasteiger charge is 2.21. The molecule has 0 saturated heterocycles. The third-order valence-electron chi connectivity index (χ3n) is 5.18. The van der Waals surface area contributed by atoms with Crippen LogP contribution in [0.4, 0.5) is 5.69 Å². The first-order chi connectivity index (χ1) is 16.6. The van der Waals surface area contributed by atoms with Crippen LogP contribution in [0.15, 0.2) is 82.4 Å². The number of ether oxygens (including phenoxy) is 2. The first-order valence-electron chi connectivity index (χ1n) is 10.6. The average Bonchev–Trinajstić information content (AvgIpc) is 3.50. The van der Waals surface area contributed by atoms with Crippen LogP contribution in [0.2, 0.25) is 0 Å². The number of anilines is 1. The van der Waals surface area contributed by atoms with Crippen molar-refractivity contribution in [2.75, 3.05) is 17.9 Å². The van der Waals surface area contributed by atoms with Gasteiger partial charge in [0.1, 0.15) is 5.69 Å². The van der Waals surface area contributed by atoms with Crippen molar-refractivity contribution in [1.82, 2.24) is 4.98 Å². The number of hydrogen-bond donors (Lipinski definition) is 1. The Morgan fingerprint density at radius 3 is 2.26 bits per heavy atom. The van der Waals surface area contributed by atoms with E-state index >= 15 is 0 Å². The van der Waals surface area contributed by atoms with Gasteiger partial charge in [-0.15, -0.1) is 0 Å². The first kappa shape index (κ1) is 21.8. The Balaban J connectivity index is 1.35. The Morgan fingerprint density at radius 1 is 0.941 bits per heavy atom. The molecule has 0 unspecified atom stereocenters. The van der Waals surface area contributed by atoms with E-state index in [2.05, 4.69) is 10.3 Å². The molecule has 0 atom stereocenters. The number of thioether (sulfide) groups is 1. The number of benzene rings is 3. The molecule has 0 bridgehead atoms. The minimum atomic E-state index is -0.299. The molecule has 0 radical (unpaired) electrons. The van der Waals surface area contributed by atoms with Gasteiger partial charge in [-0.05, 0) is 13.0 Å². The molecular formula is C26H20N2O5S. The van der Waals surface area contributed by atoms with E-state index in [0.29, 0.717) is 39.4 Å². The summed E-state index contributed by atoms with van der Waals surface area (Å²) in [5, 5.41) is 3.17. The number of carbonyl (C=O) groups excluding carboxylic acids is 2. The van der Waals surface area contributed by atoms with E-state index < -0.39 is 0 Å². The molecule has 1 aromatic heterocycles. The number of amides is 1. The highest BCUT2D eigenvalue weighted by molar-refractivity contribution is 7.99. The first-order valence-corrected chi connectivity index (χ1v) is 11.6. The lowest BCUT2D eigenvalue weighted by Gasteiger charge is -2.10. The van der Waals surface area contributed by atoms with E-state index in [1.807, 2.05) is 60.7 Å². The third kappa shape index (κ3) is 4.53. The SMILES string of the molecule is CC(=O)c1cc2c(cc1NC(=O)CSc1nc(-c3ccccc3)c(-c3ccccc3)o1)OCO2. The summed E-state index contributed by atoms with van der Waals surface area (Å²) in [5.41, 5.74) is 3.27. The van der Waals surface area contributed by atoms with Gasteiger partial charge >= 0.3 is 0 Å². The van der Waals surface area contributed by atoms with Crippen molar-refractivity contribution < 1.29 is 23.5 Å². The van der Waals surface area contributed by atoms with Gasteiger partial charge in [0.25, 0.3) is 5.22 Å². The number of aromatic nitrogens is 1. The second kappa shape index (κ2) is 9.44. The molecule has 1 aliphatic rings. The molecule has 1 amide bonds. The van der Waals surface area contributed by atoms with Crippen LogP contribution >= 0.6 is 11.8 Å². The van der Waals surface area contributed by atoms with Crippen LogP contribution < -0.4 is 14.8 Å². The molecule has 0 aliphatic carbocycles. The van der Waals surface area contributed by atoms with Gasteiger partial charge in [0.05, 0.1) is 11.4 Å². The Kier molecular flexibility index (Phi) is 6.05. The van der Waals surface area contributed by atoms with Crippen LogP contribution in [-0.2, 0) is 4.79 Å². The standard InChI is InChI=1S/C26H20N2O5S/c1-16(29)19-12-21-22(32-15-31-21)13-20(19)27-23(30)14-34-26-28-24(17-8-4-2-5-9-17)25(33-26)18-10-6-3-7-11-18/h2-13H,14-15H2,1H3,(H,27,30). The molecule has 1 aliphatic heterocycles. The van der Waals surface area contributed by atoms with Crippen molar-refractivity contribution in [1.29, 1.82) is 0 Å². The number of oxazole rings is 1. The van der Waals surface area contributed by atoms with Gasteiger partial charge in [0.2, 0.25) is 12.7 Å². The monoisotopic (exact) mass is 472 g/mol. The van der Waals surface area contributed by atoms with Gasteiger partial charge in [0, 0.05) is 22.8 Å². The molecule has 2 heterocycles. The number of Topliss-reactive ketones (excluding diaryl/α,β-unsaturated/α-hetero) is 1. The van der Waals surface area contributed by atoms with Gasteiger partial charge < -0.3 is 19.2 Å². The molecule has 0 fully saturated rings. The molecule has 8 heteroatoms. The molecular weight excluding hydrogens is 452 g/mol. The highest BCUT2D eigenvalue weighted by Crippen LogP contribution is 2.38. The predicted octanol–water partition coefficient (Wildman–Crippen LogP) is 5.67. The van der Waals surface area contributed by atoms with Crippen LogP contribution in [0.3, 0.4) is 0 Å². The normalized spacial score (nSPS) is 11.9. The minimum absolute atomic E-state index is 0.0504. The summed E-state index contributed by atoms with van der Waals surface area (Å²) >= 11 is 1.18. The fraction of sp³-hybridized carbons (Fsp3) is 0.115. The van der Waals surface area contributed by atoms with Crippen molar-refractivity contribution in [3.8, 4) is 34.1 Å². The molecule has 170 valence electrons. The summed E-state index contributed by atoms with van der Waals surface area (Å²) in [6.07, 6.45) is 0. The maximum atomic E-state index is 12.7. The number of hydrogen-bond acceptors (Lipinski definition) is 7. The van der Waals surface area contributed by atoms with Crippen LogP contribution in [-0.4, -0.2) is 29.2 Å². The summed E-state index contributed by atoms with van der Waals surface area (Å²) in [6, 6.07) is 22.7. The lowest BCUT2D eigenvalue weighted by molar-refractivity contribution is -0.113. The molecule has 5 rings (SSSR count). The second-order valence-corrected chi connectivity index (χ2v) is 8.46. The van der Waals surface area contributed by atoms with Crippen molar-refractivity contribution in [2.24, 2.45) is 0 Å². The van der Waals surface area contributed by atoms with E-state index in [4.69, 9.17) is 13.9 Å². The number of fused-ring (bicyclic) bond motifs is 1. The zero-order chi connectivity index (χ0) is 23.5. The van der Waals surface area contributed by atoms with Gasteiger partial charge in [-0.3, -0.25) is 9.59 Å². The van der Waals surface area contributed by atoms with E-state index in [1.54, 1.807) is 12.1 Å². The average molecular weight is 473 g/mol. The maximum Gasteiger partial charge on any atom is 0.257 e. The number of ketones is 1. The van der Waals surface area contributed by atoms with Crippen LogP contribution in [0.1, 0.15) is 17.3 Å². The van der Waals surface area contributed by atoms with E-state index in [-0.39, 0.29) is 24.2 Å². The molecule has 7 nitrogen and oxygen atoms in total. The molecule has 3 aromatic carbocycles. The van der Waals surface area contributed by atoms with Crippen molar-refractivity contribution in [2.45, 2.75) is 12.1 Å². The van der Waals surface area contributed by atoms with Gasteiger partial charge in [-0.2, -0.15) is 0 Å². The Morgan fingerprint density at radius 2 is 1.59 bits per heavy atom. The van der Waals surface area contributed by atoms with Crippen molar-refractivity contribution in [3.05, 3.63) is 78.4 Å². The molecule has 1 N–H and O–H groups in total. The third-order valence-corrected chi connectivity index (χ3v) is 6.01. The lowest BCUT2D eigenvalue weighted by Crippen LogP contribution is -2.16. The van der Waals surface area contributed by atoms with Gasteiger partial charge in [-0.1, -0.05) is 72.4 Å². The molecule has 0 saturated carbocycles. The minimum Gasteiger partial charge on any atom is -0.454 e. The van der Waals surface area contributed by atoms with Crippen molar-refractivity contribution in [3.63, 3.8) is 0 Å². The zero-order valence-electron chi connectivity index (χ0n) is 18.2. The van der Waals surface area contributed by atoms with E-state index in [1.165, 1.54) is 18.7 Å². The Hall–Kier alpha value is -4.04. The Labute approximate surface area is 200 Å². The van der Waals surface area contributed by atoms with Crippen molar-refractivity contribution >= 4 is 29.1 Å². The van der Waals surface area contributed by atoms with Gasteiger partial charge in [-0.25, -0.2) is 4.98 Å². The Bertz CT molecular complexity index is 1300. The topological polar surface area (TPSA) is 90.7 Å². The molecule has 0 spiro atoms. The number of nitrogens with zero attached hydrogens (tertiary/aromatic N) is 1. The van der Waals surface area contributed by atoms with Crippen LogP contribution in [0.25, 0.3) is 22.6 Å². The van der Waals surface area contributed by atoms with E-state index in [0.717, 1.165) is 11.1 Å². The number of nitrogens with one attached hydrogen (secondary N) is 1. The fourth-order valence-corrected chi connectivity index (χ4v) is 4.21. The summed E-state index contributed by atoms with van der Waals surface area (Å²) in [6.45, 7) is 1.52. The quantitative estimate of drug-likeness (QED) is 0.274. The predicted molar refractivity (Wildman–Crippen MR) is 129 cm³/mol. The summed E-state index contributed by atoms with van der Waals surface area (Å²) < 4.78 is 16.8. The number of carbonyl (C=O) groups is 2. The zero-order valence-corrected chi connectivity index (χ0v) is 19.1. The number of rotatable bonds is 7. The molecule has 34 heavy (non-hydrogen) atoms. The van der Waals surface area contributed by atoms with Gasteiger partial charge in [0.15, 0.2) is 23.0 Å². The fourth-order valence-electron chi connectivity index (χ4n) is 3.59. The highest BCUT2D eigenvalue weighted by atomic mass is 32.2. The summed E-state index contributed by atoms with van der Waals surface area (Å²) in [4.78, 5) is 29.4.